The van der Waals surface area contributed by atoms with Crippen LogP contribution in [0.2, 0.25) is 0 Å². The monoisotopic (exact) mass is 268 g/mol. The molecule has 0 heterocycles. The molecule has 3 heteroatoms. The predicted octanol–water partition coefficient (Wildman–Crippen LogP) is 2.61. The average molecular weight is 268 g/mol. The molecule has 0 radical (unpaired) electrons. The first-order valence-corrected chi connectivity index (χ1v) is 6.80. The first-order valence-electron chi connectivity index (χ1n) is 6.80. The van der Waals surface area contributed by atoms with E-state index >= 15 is 0 Å². The van der Waals surface area contributed by atoms with Crippen molar-refractivity contribution in [2.75, 3.05) is 11.9 Å². The van der Waals surface area contributed by atoms with E-state index < -0.39 is 6.04 Å². The van der Waals surface area contributed by atoms with Crippen LogP contribution < -0.4 is 10.6 Å². The van der Waals surface area contributed by atoms with Crippen LogP contribution in [0.1, 0.15) is 12.0 Å². The molecule has 0 bridgehead atoms. The lowest BCUT2D eigenvalue weighted by molar-refractivity contribution is -0.119. The minimum absolute atomic E-state index is 0.0490. The fourth-order valence-electron chi connectivity index (χ4n) is 2.12. The highest BCUT2D eigenvalue weighted by Gasteiger charge is 2.18. The molecule has 0 saturated heterocycles. The number of nitrogens with zero attached hydrogens (tertiary/aromatic N) is 1. The molecule has 0 aliphatic heterocycles. The highest BCUT2D eigenvalue weighted by molar-refractivity contribution is 5.96. The van der Waals surface area contributed by atoms with Crippen molar-refractivity contribution in [2.45, 2.75) is 18.9 Å². The maximum atomic E-state index is 12.3. The van der Waals surface area contributed by atoms with E-state index in [0.29, 0.717) is 6.42 Å². The second-order valence-electron chi connectivity index (χ2n) is 4.86. The van der Waals surface area contributed by atoms with Gasteiger partial charge >= 0.3 is 0 Å². The van der Waals surface area contributed by atoms with Crippen molar-refractivity contribution >= 4 is 11.6 Å². The molecule has 1 amide bonds. The van der Waals surface area contributed by atoms with Crippen LogP contribution in [0.25, 0.3) is 0 Å². The highest BCUT2D eigenvalue weighted by atomic mass is 16.2. The fraction of sp³-hybridized carbons (Fsp3) is 0.235. The third-order valence-corrected chi connectivity index (χ3v) is 3.38. The first-order chi connectivity index (χ1) is 9.68. The first kappa shape index (κ1) is 14.3. The summed E-state index contributed by atoms with van der Waals surface area (Å²) in [7, 11) is 1.76. The number of carbonyl (C=O) groups excluding carboxylic acids is 1. The standard InChI is InChI=1S/C17H20N2O/c1-19(15-10-6-3-7-11-15)17(20)16(18)13-12-14-8-4-2-5-9-14/h2-11,16H,12-13,18H2,1H3/t16-/m0/s1. The van der Waals surface area contributed by atoms with Crippen LogP contribution in [0, 0.1) is 0 Å². The van der Waals surface area contributed by atoms with Crippen LogP contribution in [0.5, 0.6) is 0 Å². The van der Waals surface area contributed by atoms with Crippen LogP contribution in [0.4, 0.5) is 5.69 Å². The molecule has 2 aromatic rings. The Morgan fingerprint density at radius 3 is 2.20 bits per heavy atom. The van der Waals surface area contributed by atoms with E-state index in [1.54, 1.807) is 11.9 Å². The van der Waals surface area contributed by atoms with Gasteiger partial charge in [0, 0.05) is 12.7 Å². The number of aryl methyl sites for hydroxylation is 1. The zero-order chi connectivity index (χ0) is 14.4. The van der Waals surface area contributed by atoms with Crippen molar-refractivity contribution < 1.29 is 4.79 Å². The number of likely N-dealkylation sites (N-methyl/N-ethyl adjacent to an activating group) is 1. The maximum Gasteiger partial charge on any atom is 0.243 e. The summed E-state index contributed by atoms with van der Waals surface area (Å²) in [5, 5.41) is 0. The summed E-state index contributed by atoms with van der Waals surface area (Å²) in [5.41, 5.74) is 8.09. The van der Waals surface area contributed by atoms with Crippen LogP contribution in [0.15, 0.2) is 60.7 Å². The summed E-state index contributed by atoms with van der Waals surface area (Å²) < 4.78 is 0. The Morgan fingerprint density at radius 2 is 1.60 bits per heavy atom. The van der Waals surface area contributed by atoms with Crippen LogP contribution in [-0.2, 0) is 11.2 Å². The van der Waals surface area contributed by atoms with Crippen molar-refractivity contribution in [3.63, 3.8) is 0 Å². The van der Waals surface area contributed by atoms with Crippen molar-refractivity contribution in [2.24, 2.45) is 5.73 Å². The summed E-state index contributed by atoms with van der Waals surface area (Å²) in [6.07, 6.45) is 1.47. The molecule has 0 saturated carbocycles. The topological polar surface area (TPSA) is 46.3 Å². The molecule has 2 aromatic carbocycles. The molecule has 0 unspecified atom stereocenters. The Morgan fingerprint density at radius 1 is 1.05 bits per heavy atom. The van der Waals surface area contributed by atoms with Gasteiger partial charge in [-0.1, -0.05) is 48.5 Å². The number of rotatable bonds is 5. The minimum atomic E-state index is -0.472. The zero-order valence-corrected chi connectivity index (χ0v) is 11.7. The van der Waals surface area contributed by atoms with Crippen molar-refractivity contribution in [3.05, 3.63) is 66.2 Å². The van der Waals surface area contributed by atoms with Crippen LogP contribution >= 0.6 is 0 Å². The molecule has 104 valence electrons. The third-order valence-electron chi connectivity index (χ3n) is 3.38. The van der Waals surface area contributed by atoms with E-state index in [1.165, 1.54) is 5.56 Å². The Labute approximate surface area is 120 Å². The van der Waals surface area contributed by atoms with E-state index in [1.807, 2.05) is 48.5 Å². The second kappa shape index (κ2) is 6.87. The predicted molar refractivity (Wildman–Crippen MR) is 82.6 cm³/mol. The average Bonchev–Trinajstić information content (AvgIpc) is 2.53. The molecule has 1 atom stereocenters. The number of para-hydroxylation sites is 1. The summed E-state index contributed by atoms with van der Waals surface area (Å²) >= 11 is 0. The smallest absolute Gasteiger partial charge is 0.243 e. The van der Waals surface area contributed by atoms with E-state index in [-0.39, 0.29) is 5.91 Å². The molecule has 2 N–H and O–H groups in total. The van der Waals surface area contributed by atoms with Gasteiger partial charge in [0.2, 0.25) is 5.91 Å². The third kappa shape index (κ3) is 3.68. The van der Waals surface area contributed by atoms with E-state index in [0.717, 1.165) is 12.1 Å². The molecule has 0 aliphatic rings. The van der Waals surface area contributed by atoms with Crippen LogP contribution in [-0.4, -0.2) is 19.0 Å². The van der Waals surface area contributed by atoms with E-state index in [2.05, 4.69) is 12.1 Å². The van der Waals surface area contributed by atoms with Crippen molar-refractivity contribution in [3.8, 4) is 0 Å². The normalized spacial score (nSPS) is 11.9. The van der Waals surface area contributed by atoms with Gasteiger partial charge in [0.1, 0.15) is 0 Å². The molecule has 20 heavy (non-hydrogen) atoms. The van der Waals surface area contributed by atoms with Gasteiger partial charge in [0.15, 0.2) is 0 Å². The number of nitrogens with two attached hydrogens (primary N) is 1. The van der Waals surface area contributed by atoms with Gasteiger partial charge in [-0.2, -0.15) is 0 Å². The van der Waals surface area contributed by atoms with Gasteiger partial charge in [-0.25, -0.2) is 0 Å². The lowest BCUT2D eigenvalue weighted by Gasteiger charge is -2.21. The number of benzene rings is 2. The lowest BCUT2D eigenvalue weighted by atomic mass is 10.0. The summed E-state index contributed by atoms with van der Waals surface area (Å²) in [5.74, 6) is -0.0490. The van der Waals surface area contributed by atoms with Crippen LogP contribution in [0.3, 0.4) is 0 Å². The van der Waals surface area contributed by atoms with Gasteiger partial charge in [0.05, 0.1) is 6.04 Å². The molecule has 0 spiro atoms. The number of amides is 1. The van der Waals surface area contributed by atoms with Gasteiger partial charge in [0.25, 0.3) is 0 Å². The Kier molecular flexibility index (Phi) is 4.91. The van der Waals surface area contributed by atoms with Crippen molar-refractivity contribution in [1.29, 1.82) is 0 Å². The van der Waals surface area contributed by atoms with Gasteiger partial charge in [-0.15, -0.1) is 0 Å². The number of carbonyl (C=O) groups is 1. The number of hydrogen-bond acceptors (Lipinski definition) is 2. The largest absolute Gasteiger partial charge is 0.320 e. The molecule has 0 aromatic heterocycles. The Balaban J connectivity index is 1.92. The van der Waals surface area contributed by atoms with Gasteiger partial charge in [-0.3, -0.25) is 4.79 Å². The molecule has 3 nitrogen and oxygen atoms in total. The van der Waals surface area contributed by atoms with Gasteiger partial charge in [-0.05, 0) is 30.5 Å². The summed E-state index contributed by atoms with van der Waals surface area (Å²) in [4.78, 5) is 13.9. The number of anilines is 1. The van der Waals surface area contributed by atoms with Gasteiger partial charge < -0.3 is 10.6 Å². The fourth-order valence-corrected chi connectivity index (χ4v) is 2.12. The summed E-state index contributed by atoms with van der Waals surface area (Å²) in [6.45, 7) is 0. The molecular weight excluding hydrogens is 248 g/mol. The quantitative estimate of drug-likeness (QED) is 0.906. The Bertz CT molecular complexity index is 539. The zero-order valence-electron chi connectivity index (χ0n) is 11.7. The SMILES string of the molecule is CN(C(=O)[C@@H](N)CCc1ccccc1)c1ccccc1. The van der Waals surface area contributed by atoms with Crippen molar-refractivity contribution in [1.82, 2.24) is 0 Å². The molecule has 2 rings (SSSR count). The Hall–Kier alpha value is -2.13. The molecular formula is C17H20N2O. The maximum absolute atomic E-state index is 12.3. The number of hydrogen-bond donors (Lipinski definition) is 1. The molecule has 0 aliphatic carbocycles. The van der Waals surface area contributed by atoms with E-state index in [4.69, 9.17) is 5.73 Å². The molecule has 0 fully saturated rings. The minimum Gasteiger partial charge on any atom is -0.320 e. The highest BCUT2D eigenvalue weighted by Crippen LogP contribution is 2.13. The second-order valence-corrected chi connectivity index (χ2v) is 4.86. The summed E-state index contributed by atoms with van der Waals surface area (Å²) in [6, 6.07) is 19.2. The lowest BCUT2D eigenvalue weighted by Crippen LogP contribution is -2.42. The van der Waals surface area contributed by atoms with E-state index in [9.17, 15) is 4.79 Å².